The van der Waals surface area contributed by atoms with Crippen molar-refractivity contribution in [2.24, 2.45) is 0 Å². The molecule has 1 heterocycles. The number of hydrogen-bond donors (Lipinski definition) is 1. The zero-order chi connectivity index (χ0) is 11.4. The number of methoxy groups -OCH3 is 1. The Kier molecular flexibility index (Phi) is 3.28. The molecule has 0 bridgehead atoms. The van der Waals surface area contributed by atoms with Crippen molar-refractivity contribution >= 4 is 11.9 Å². The van der Waals surface area contributed by atoms with Crippen LogP contribution in [0.4, 0.5) is 0 Å². The van der Waals surface area contributed by atoms with Crippen LogP contribution in [-0.4, -0.2) is 24.2 Å². The van der Waals surface area contributed by atoms with Crippen molar-refractivity contribution in [3.8, 4) is 0 Å². The van der Waals surface area contributed by atoms with E-state index in [0.29, 0.717) is 5.57 Å². The maximum absolute atomic E-state index is 10.9. The van der Waals surface area contributed by atoms with Gasteiger partial charge in [-0.1, -0.05) is 0 Å². The van der Waals surface area contributed by atoms with Gasteiger partial charge in [0.25, 0.3) is 0 Å². The van der Waals surface area contributed by atoms with Crippen molar-refractivity contribution in [2.45, 2.75) is 6.92 Å². The summed E-state index contributed by atoms with van der Waals surface area (Å²) in [6.07, 6.45) is 3.50. The van der Waals surface area contributed by atoms with Gasteiger partial charge < -0.3 is 14.6 Å². The van der Waals surface area contributed by atoms with E-state index < -0.39 is 11.9 Å². The van der Waals surface area contributed by atoms with Crippen LogP contribution < -0.4 is 0 Å². The molecule has 0 aliphatic carbocycles. The Morgan fingerprint density at radius 2 is 2.27 bits per heavy atom. The summed E-state index contributed by atoms with van der Waals surface area (Å²) in [6.45, 7) is 1.59. The Hall–Kier alpha value is -2.04. The lowest BCUT2D eigenvalue weighted by molar-refractivity contribution is -0.135. The molecule has 0 saturated heterocycles. The molecule has 0 aromatic rings. The quantitative estimate of drug-likeness (QED) is 0.418. The summed E-state index contributed by atoms with van der Waals surface area (Å²) in [7, 11) is 1.19. The third-order valence-electron chi connectivity index (χ3n) is 1.65. The number of aliphatic hydroxyl groups excluding tert-OH is 1. The number of aliphatic hydroxyl groups is 1. The standard InChI is InChI=1S/C10H10O5/c1-6-3-8(15-10(6)13)4-7(11)5-9(12)14-2/h3-5,11H,1-2H3/b7-5-,8-4+. The SMILES string of the molecule is COC(=O)/C=C(O)/C=C1\C=C(C)C(=O)O1. The van der Waals surface area contributed by atoms with Crippen molar-refractivity contribution in [3.05, 3.63) is 35.3 Å². The molecule has 0 amide bonds. The zero-order valence-electron chi connectivity index (χ0n) is 8.31. The fourth-order valence-corrected chi connectivity index (χ4v) is 0.928. The summed E-state index contributed by atoms with van der Waals surface area (Å²) in [5.41, 5.74) is 0.437. The predicted molar refractivity (Wildman–Crippen MR) is 50.7 cm³/mol. The van der Waals surface area contributed by atoms with E-state index >= 15 is 0 Å². The van der Waals surface area contributed by atoms with E-state index in [1.807, 2.05) is 0 Å². The Morgan fingerprint density at radius 3 is 2.73 bits per heavy atom. The van der Waals surface area contributed by atoms with Crippen LogP contribution in [-0.2, 0) is 19.1 Å². The number of hydrogen-bond acceptors (Lipinski definition) is 5. The number of cyclic esters (lactones) is 1. The van der Waals surface area contributed by atoms with Gasteiger partial charge in [-0.15, -0.1) is 0 Å². The highest BCUT2D eigenvalue weighted by Gasteiger charge is 2.16. The van der Waals surface area contributed by atoms with Crippen LogP contribution >= 0.6 is 0 Å². The molecular weight excluding hydrogens is 200 g/mol. The zero-order valence-corrected chi connectivity index (χ0v) is 8.31. The lowest BCUT2D eigenvalue weighted by Gasteiger charge is -1.95. The minimum absolute atomic E-state index is 0.190. The normalized spacial score (nSPS) is 18.8. The van der Waals surface area contributed by atoms with Crippen molar-refractivity contribution in [3.63, 3.8) is 0 Å². The number of ether oxygens (including phenoxy) is 2. The number of rotatable bonds is 2. The lowest BCUT2D eigenvalue weighted by Crippen LogP contribution is -1.97. The molecule has 15 heavy (non-hydrogen) atoms. The van der Waals surface area contributed by atoms with Crippen LogP contribution in [0.15, 0.2) is 35.3 Å². The van der Waals surface area contributed by atoms with Crippen LogP contribution in [0, 0.1) is 0 Å². The summed E-state index contributed by atoms with van der Waals surface area (Å²) in [5.74, 6) is -1.30. The number of carbonyl (C=O) groups is 2. The third kappa shape index (κ3) is 2.98. The second kappa shape index (κ2) is 4.45. The first-order valence-corrected chi connectivity index (χ1v) is 4.13. The molecule has 1 N–H and O–H groups in total. The largest absolute Gasteiger partial charge is 0.508 e. The van der Waals surface area contributed by atoms with Crippen LogP contribution in [0.2, 0.25) is 0 Å². The summed E-state index contributed by atoms with van der Waals surface area (Å²) >= 11 is 0. The number of esters is 2. The number of allylic oxidation sites excluding steroid dienone is 2. The maximum Gasteiger partial charge on any atom is 0.339 e. The van der Waals surface area contributed by atoms with Crippen LogP contribution in [0.3, 0.4) is 0 Å². The summed E-state index contributed by atoms with van der Waals surface area (Å²) in [4.78, 5) is 21.6. The van der Waals surface area contributed by atoms with Crippen molar-refractivity contribution < 1.29 is 24.2 Å². The van der Waals surface area contributed by atoms with E-state index in [4.69, 9.17) is 4.74 Å². The number of carbonyl (C=O) groups excluding carboxylic acids is 2. The minimum Gasteiger partial charge on any atom is -0.508 e. The lowest BCUT2D eigenvalue weighted by atomic mass is 10.3. The molecule has 1 aliphatic rings. The highest BCUT2D eigenvalue weighted by Crippen LogP contribution is 2.17. The molecule has 0 atom stereocenters. The van der Waals surface area contributed by atoms with Gasteiger partial charge in [0.05, 0.1) is 13.2 Å². The Bertz CT molecular complexity index is 387. The monoisotopic (exact) mass is 210 g/mol. The average molecular weight is 210 g/mol. The molecule has 5 heteroatoms. The van der Waals surface area contributed by atoms with Gasteiger partial charge in [-0.25, -0.2) is 9.59 Å². The van der Waals surface area contributed by atoms with E-state index in [9.17, 15) is 14.7 Å². The Morgan fingerprint density at radius 1 is 1.60 bits per heavy atom. The van der Waals surface area contributed by atoms with Crippen molar-refractivity contribution in [1.29, 1.82) is 0 Å². The molecule has 5 nitrogen and oxygen atoms in total. The molecule has 80 valence electrons. The van der Waals surface area contributed by atoms with Gasteiger partial charge in [0.1, 0.15) is 11.5 Å². The first-order valence-electron chi connectivity index (χ1n) is 4.13. The van der Waals surface area contributed by atoms with Gasteiger partial charge in [-0.3, -0.25) is 0 Å². The Balaban J connectivity index is 2.78. The smallest absolute Gasteiger partial charge is 0.339 e. The van der Waals surface area contributed by atoms with Gasteiger partial charge in [-0.2, -0.15) is 0 Å². The first-order chi connectivity index (χ1) is 7.02. The van der Waals surface area contributed by atoms with E-state index in [0.717, 1.165) is 12.2 Å². The van der Waals surface area contributed by atoms with Gasteiger partial charge in [-0.05, 0) is 13.0 Å². The third-order valence-corrected chi connectivity index (χ3v) is 1.65. The fraction of sp³-hybridized carbons (Fsp3) is 0.200. The van der Waals surface area contributed by atoms with E-state index in [-0.39, 0.29) is 11.5 Å². The topological polar surface area (TPSA) is 72.8 Å². The van der Waals surface area contributed by atoms with Crippen LogP contribution in [0.5, 0.6) is 0 Å². The molecule has 0 fully saturated rings. The van der Waals surface area contributed by atoms with Gasteiger partial charge >= 0.3 is 11.9 Å². The highest BCUT2D eigenvalue weighted by atomic mass is 16.5. The van der Waals surface area contributed by atoms with Crippen molar-refractivity contribution in [2.75, 3.05) is 7.11 Å². The first kappa shape index (κ1) is 11.0. The molecular formula is C10H10O5. The van der Waals surface area contributed by atoms with E-state index in [2.05, 4.69) is 4.74 Å². The van der Waals surface area contributed by atoms with E-state index in [1.165, 1.54) is 13.2 Å². The van der Waals surface area contributed by atoms with Crippen LogP contribution in [0.25, 0.3) is 0 Å². The minimum atomic E-state index is -0.686. The maximum atomic E-state index is 10.9. The van der Waals surface area contributed by atoms with Gasteiger partial charge in [0, 0.05) is 11.6 Å². The average Bonchev–Trinajstić information content (AvgIpc) is 2.45. The summed E-state index contributed by atoms with van der Waals surface area (Å²) < 4.78 is 9.04. The summed E-state index contributed by atoms with van der Waals surface area (Å²) in [5, 5.41) is 9.25. The Labute approximate surface area is 86.3 Å². The molecule has 0 aromatic carbocycles. The summed E-state index contributed by atoms with van der Waals surface area (Å²) in [6, 6.07) is 0. The predicted octanol–water partition coefficient (Wildman–Crippen LogP) is 0.988. The highest BCUT2D eigenvalue weighted by molar-refractivity contribution is 5.92. The molecule has 0 saturated carbocycles. The molecule has 0 spiro atoms. The molecule has 1 rings (SSSR count). The second-order valence-corrected chi connectivity index (χ2v) is 2.86. The van der Waals surface area contributed by atoms with Crippen LogP contribution in [0.1, 0.15) is 6.92 Å². The second-order valence-electron chi connectivity index (χ2n) is 2.86. The van der Waals surface area contributed by atoms with Gasteiger partial charge in [0.2, 0.25) is 0 Å². The van der Waals surface area contributed by atoms with Gasteiger partial charge in [0.15, 0.2) is 0 Å². The van der Waals surface area contributed by atoms with E-state index in [1.54, 1.807) is 6.92 Å². The molecule has 0 radical (unpaired) electrons. The van der Waals surface area contributed by atoms with Crippen molar-refractivity contribution in [1.82, 2.24) is 0 Å². The molecule has 1 aliphatic heterocycles. The fourth-order valence-electron chi connectivity index (χ4n) is 0.928. The molecule has 0 unspecified atom stereocenters. The molecule has 0 aromatic heterocycles.